The van der Waals surface area contributed by atoms with E-state index in [0.29, 0.717) is 28.4 Å². The van der Waals surface area contributed by atoms with E-state index in [1.54, 1.807) is 36.4 Å². The number of hydrogen-bond donors (Lipinski definition) is 2. The Balaban J connectivity index is 2.13. The van der Waals surface area contributed by atoms with E-state index < -0.39 is 0 Å². The molecule has 4 nitrogen and oxygen atoms in total. The Morgan fingerprint density at radius 2 is 1.95 bits per heavy atom. The first-order valence-electron chi connectivity index (χ1n) is 5.92. The summed E-state index contributed by atoms with van der Waals surface area (Å²) < 4.78 is 0. The molecule has 1 amide bonds. The van der Waals surface area contributed by atoms with Crippen molar-refractivity contribution in [3.8, 4) is 6.07 Å². The first-order chi connectivity index (χ1) is 9.60. The third-order valence-electron chi connectivity index (χ3n) is 2.75. The van der Waals surface area contributed by atoms with Gasteiger partial charge in [0.05, 0.1) is 18.1 Å². The van der Waals surface area contributed by atoms with Gasteiger partial charge in [-0.05, 0) is 35.9 Å². The molecular formula is C15H12ClN3O. The Morgan fingerprint density at radius 3 is 2.55 bits per heavy atom. The maximum Gasteiger partial charge on any atom is 0.257 e. The number of amides is 1. The SMILES string of the molecule is N#CCc1ccc(NC(=O)c2ccc(Cl)cc2N)cc1. The van der Waals surface area contributed by atoms with Gasteiger partial charge < -0.3 is 11.1 Å². The molecule has 2 aromatic carbocycles. The van der Waals surface area contributed by atoms with Gasteiger partial charge in [0.1, 0.15) is 0 Å². The number of nitrogens with zero attached hydrogens (tertiary/aromatic N) is 1. The lowest BCUT2D eigenvalue weighted by Gasteiger charge is -2.08. The van der Waals surface area contributed by atoms with E-state index in [2.05, 4.69) is 11.4 Å². The van der Waals surface area contributed by atoms with Crippen LogP contribution in [0.5, 0.6) is 0 Å². The molecule has 2 rings (SSSR count). The molecular weight excluding hydrogens is 274 g/mol. The zero-order chi connectivity index (χ0) is 14.5. The molecule has 0 saturated carbocycles. The maximum atomic E-state index is 12.1. The van der Waals surface area contributed by atoms with E-state index in [4.69, 9.17) is 22.6 Å². The molecule has 0 radical (unpaired) electrons. The predicted octanol–water partition coefficient (Wildman–Crippen LogP) is 3.24. The molecule has 0 aliphatic rings. The van der Waals surface area contributed by atoms with Crippen molar-refractivity contribution in [1.82, 2.24) is 0 Å². The Labute approximate surface area is 121 Å². The molecule has 20 heavy (non-hydrogen) atoms. The molecule has 0 atom stereocenters. The number of benzene rings is 2. The summed E-state index contributed by atoms with van der Waals surface area (Å²) in [6.07, 6.45) is 0.346. The second-order valence-electron chi connectivity index (χ2n) is 4.22. The Morgan fingerprint density at radius 1 is 1.25 bits per heavy atom. The van der Waals surface area contributed by atoms with Gasteiger partial charge in [0, 0.05) is 16.4 Å². The van der Waals surface area contributed by atoms with Gasteiger partial charge in [-0.25, -0.2) is 0 Å². The fourth-order valence-corrected chi connectivity index (χ4v) is 1.92. The summed E-state index contributed by atoms with van der Waals surface area (Å²) in [5.74, 6) is -0.299. The summed E-state index contributed by atoms with van der Waals surface area (Å²) in [5, 5.41) is 11.8. The summed E-state index contributed by atoms with van der Waals surface area (Å²) in [6, 6.07) is 13.9. The highest BCUT2D eigenvalue weighted by Crippen LogP contribution is 2.19. The number of carbonyl (C=O) groups is 1. The van der Waals surface area contributed by atoms with Crippen molar-refractivity contribution in [2.24, 2.45) is 0 Å². The highest BCUT2D eigenvalue weighted by molar-refractivity contribution is 6.31. The molecule has 0 fully saturated rings. The molecule has 0 bridgehead atoms. The normalized spacial score (nSPS) is 9.80. The molecule has 0 spiro atoms. The molecule has 0 aliphatic heterocycles. The Hall–Kier alpha value is -2.51. The summed E-state index contributed by atoms with van der Waals surface area (Å²) in [5.41, 5.74) is 8.00. The van der Waals surface area contributed by atoms with Gasteiger partial charge in [0.2, 0.25) is 0 Å². The van der Waals surface area contributed by atoms with E-state index >= 15 is 0 Å². The minimum absolute atomic E-state index is 0.299. The molecule has 0 heterocycles. The number of nitrogen functional groups attached to an aromatic ring is 1. The highest BCUT2D eigenvalue weighted by atomic mass is 35.5. The van der Waals surface area contributed by atoms with Crippen LogP contribution in [0.3, 0.4) is 0 Å². The van der Waals surface area contributed by atoms with Gasteiger partial charge in [0.15, 0.2) is 0 Å². The number of rotatable bonds is 3. The van der Waals surface area contributed by atoms with Crippen LogP contribution in [0.25, 0.3) is 0 Å². The number of nitriles is 1. The van der Waals surface area contributed by atoms with Crippen LogP contribution in [0.4, 0.5) is 11.4 Å². The van der Waals surface area contributed by atoms with Gasteiger partial charge in [0.25, 0.3) is 5.91 Å². The number of nitrogens with two attached hydrogens (primary N) is 1. The summed E-state index contributed by atoms with van der Waals surface area (Å²) in [6.45, 7) is 0. The Kier molecular flexibility index (Phi) is 4.24. The molecule has 3 N–H and O–H groups in total. The topological polar surface area (TPSA) is 78.9 Å². The highest BCUT2D eigenvalue weighted by Gasteiger charge is 2.10. The standard InChI is InChI=1S/C15H12ClN3O/c16-11-3-6-13(14(18)9-11)15(20)19-12-4-1-10(2-5-12)7-8-17/h1-6,9H,7,18H2,(H,19,20). The van der Waals surface area contributed by atoms with Gasteiger partial charge in [-0.1, -0.05) is 23.7 Å². The van der Waals surface area contributed by atoms with Crippen molar-refractivity contribution in [3.63, 3.8) is 0 Å². The largest absolute Gasteiger partial charge is 0.398 e. The van der Waals surface area contributed by atoms with Crippen LogP contribution in [-0.4, -0.2) is 5.91 Å². The predicted molar refractivity (Wildman–Crippen MR) is 79.6 cm³/mol. The number of hydrogen-bond acceptors (Lipinski definition) is 3. The molecule has 2 aromatic rings. The smallest absolute Gasteiger partial charge is 0.257 e. The lowest BCUT2D eigenvalue weighted by Crippen LogP contribution is -2.13. The summed E-state index contributed by atoms with van der Waals surface area (Å²) in [7, 11) is 0. The minimum Gasteiger partial charge on any atom is -0.398 e. The van der Waals surface area contributed by atoms with Crippen LogP contribution < -0.4 is 11.1 Å². The first-order valence-corrected chi connectivity index (χ1v) is 6.30. The quantitative estimate of drug-likeness (QED) is 0.850. The number of nitrogens with one attached hydrogen (secondary N) is 1. The van der Waals surface area contributed by atoms with Crippen LogP contribution >= 0.6 is 11.6 Å². The van der Waals surface area contributed by atoms with Crippen LogP contribution in [0.15, 0.2) is 42.5 Å². The van der Waals surface area contributed by atoms with Crippen LogP contribution in [0, 0.1) is 11.3 Å². The van der Waals surface area contributed by atoms with Gasteiger partial charge >= 0.3 is 0 Å². The third kappa shape index (κ3) is 3.28. The minimum atomic E-state index is -0.299. The van der Waals surface area contributed by atoms with Crippen molar-refractivity contribution in [2.75, 3.05) is 11.1 Å². The van der Waals surface area contributed by atoms with E-state index in [1.165, 1.54) is 6.07 Å². The average Bonchev–Trinajstić information content (AvgIpc) is 2.41. The second kappa shape index (κ2) is 6.09. The van der Waals surface area contributed by atoms with Crippen molar-refractivity contribution in [2.45, 2.75) is 6.42 Å². The molecule has 0 aliphatic carbocycles. The number of halogens is 1. The van der Waals surface area contributed by atoms with Crippen molar-refractivity contribution in [1.29, 1.82) is 5.26 Å². The fourth-order valence-electron chi connectivity index (χ4n) is 1.74. The van der Waals surface area contributed by atoms with E-state index in [1.807, 2.05) is 0 Å². The lowest BCUT2D eigenvalue weighted by molar-refractivity contribution is 0.102. The zero-order valence-electron chi connectivity index (χ0n) is 10.6. The second-order valence-corrected chi connectivity index (χ2v) is 4.65. The molecule has 0 aromatic heterocycles. The maximum absolute atomic E-state index is 12.1. The van der Waals surface area contributed by atoms with Crippen LogP contribution in [0.2, 0.25) is 5.02 Å². The monoisotopic (exact) mass is 285 g/mol. The molecule has 100 valence electrons. The van der Waals surface area contributed by atoms with Crippen molar-refractivity contribution in [3.05, 3.63) is 58.6 Å². The van der Waals surface area contributed by atoms with Crippen molar-refractivity contribution < 1.29 is 4.79 Å². The molecule has 5 heteroatoms. The average molecular weight is 286 g/mol. The first kappa shape index (κ1) is 13.9. The van der Waals surface area contributed by atoms with E-state index in [9.17, 15) is 4.79 Å². The van der Waals surface area contributed by atoms with Gasteiger partial charge in [-0.3, -0.25) is 4.79 Å². The van der Waals surface area contributed by atoms with Crippen molar-refractivity contribution >= 4 is 28.9 Å². The van der Waals surface area contributed by atoms with Crippen LogP contribution in [0.1, 0.15) is 15.9 Å². The lowest BCUT2D eigenvalue weighted by atomic mass is 10.1. The van der Waals surface area contributed by atoms with Gasteiger partial charge in [-0.15, -0.1) is 0 Å². The van der Waals surface area contributed by atoms with E-state index in [0.717, 1.165) is 5.56 Å². The third-order valence-corrected chi connectivity index (χ3v) is 2.99. The fraction of sp³-hybridized carbons (Fsp3) is 0.0667. The molecule has 0 unspecified atom stereocenters. The molecule has 0 saturated heterocycles. The van der Waals surface area contributed by atoms with E-state index in [-0.39, 0.29) is 5.91 Å². The summed E-state index contributed by atoms with van der Waals surface area (Å²) in [4.78, 5) is 12.1. The Bertz CT molecular complexity index is 675. The van der Waals surface area contributed by atoms with Gasteiger partial charge in [-0.2, -0.15) is 5.26 Å². The van der Waals surface area contributed by atoms with Crippen LogP contribution in [-0.2, 0) is 6.42 Å². The number of carbonyl (C=O) groups excluding carboxylic acids is 1. The number of anilines is 2. The zero-order valence-corrected chi connectivity index (χ0v) is 11.3. The summed E-state index contributed by atoms with van der Waals surface area (Å²) >= 11 is 5.79.